The summed E-state index contributed by atoms with van der Waals surface area (Å²) in [5.74, 6) is 0.0171. The number of nitrogens with zero attached hydrogens (tertiary/aromatic N) is 1. The Hall–Kier alpha value is -4.06. The van der Waals surface area contributed by atoms with E-state index in [0.29, 0.717) is 41.0 Å². The average molecular weight is 441 g/mol. The first-order valence-corrected chi connectivity index (χ1v) is 10.9. The monoisotopic (exact) mass is 441 g/mol. The Morgan fingerprint density at radius 3 is 2.55 bits per heavy atom. The summed E-state index contributed by atoms with van der Waals surface area (Å²) in [6, 6.07) is 19.1. The first-order chi connectivity index (χ1) is 16.0. The zero-order valence-electron chi connectivity index (χ0n) is 18.4. The summed E-state index contributed by atoms with van der Waals surface area (Å²) in [4.78, 5) is 28.7. The number of rotatable bonds is 5. The van der Waals surface area contributed by atoms with Gasteiger partial charge in [0, 0.05) is 6.54 Å². The lowest BCUT2D eigenvalue weighted by atomic mass is 9.97. The second-order valence-electron chi connectivity index (χ2n) is 8.15. The summed E-state index contributed by atoms with van der Waals surface area (Å²) in [7, 11) is 0. The first kappa shape index (κ1) is 20.8. The Kier molecular flexibility index (Phi) is 5.13. The van der Waals surface area contributed by atoms with Gasteiger partial charge in [-0.2, -0.15) is 0 Å². The molecule has 5 rings (SSSR count). The molecule has 3 aromatic carbocycles. The zero-order chi connectivity index (χ0) is 23.1. The van der Waals surface area contributed by atoms with E-state index in [1.54, 1.807) is 41.3 Å². The number of aromatic hydroxyl groups is 1. The van der Waals surface area contributed by atoms with Crippen LogP contribution >= 0.6 is 0 Å². The lowest BCUT2D eigenvalue weighted by Crippen LogP contribution is -2.29. The number of hydrogen-bond acceptors (Lipinski definition) is 5. The maximum absolute atomic E-state index is 13.6. The molecule has 1 amide bonds. The van der Waals surface area contributed by atoms with Crippen molar-refractivity contribution in [1.82, 2.24) is 4.90 Å². The molecule has 0 fully saturated rings. The van der Waals surface area contributed by atoms with Crippen molar-refractivity contribution in [2.24, 2.45) is 0 Å². The van der Waals surface area contributed by atoms with Crippen molar-refractivity contribution in [2.45, 2.75) is 26.4 Å². The van der Waals surface area contributed by atoms with Crippen molar-refractivity contribution in [3.63, 3.8) is 0 Å². The Morgan fingerprint density at radius 2 is 1.79 bits per heavy atom. The molecule has 0 spiro atoms. The van der Waals surface area contributed by atoms with Crippen LogP contribution in [0.4, 0.5) is 0 Å². The van der Waals surface area contributed by atoms with Gasteiger partial charge in [-0.1, -0.05) is 48.0 Å². The zero-order valence-corrected chi connectivity index (χ0v) is 18.4. The van der Waals surface area contributed by atoms with E-state index < -0.39 is 6.04 Å². The van der Waals surface area contributed by atoms with Gasteiger partial charge < -0.3 is 19.2 Å². The minimum atomic E-state index is -0.672. The Morgan fingerprint density at radius 1 is 1.03 bits per heavy atom. The fourth-order valence-corrected chi connectivity index (χ4v) is 4.34. The van der Waals surface area contributed by atoms with Crippen LogP contribution in [0.25, 0.3) is 11.0 Å². The van der Waals surface area contributed by atoms with Gasteiger partial charge in [0.2, 0.25) is 5.76 Å². The maximum atomic E-state index is 13.6. The molecule has 2 heterocycles. The van der Waals surface area contributed by atoms with Gasteiger partial charge in [0.1, 0.15) is 5.58 Å². The number of benzene rings is 3. The van der Waals surface area contributed by atoms with E-state index >= 15 is 0 Å². The normalized spacial score (nSPS) is 15.2. The Balaban J connectivity index is 1.71. The number of phenols is 1. The van der Waals surface area contributed by atoms with E-state index in [-0.39, 0.29) is 22.8 Å². The third kappa shape index (κ3) is 3.53. The van der Waals surface area contributed by atoms with Crippen molar-refractivity contribution in [2.75, 3.05) is 6.61 Å². The SMILES string of the molecule is CCOc1cc([C@@H]2c3c(oc4ccccc4c3=O)C(=O)N2Cc2ccc(C)cc2)ccc1O. The van der Waals surface area contributed by atoms with E-state index in [9.17, 15) is 14.7 Å². The second kappa shape index (κ2) is 8.13. The molecule has 166 valence electrons. The molecule has 0 radical (unpaired) electrons. The van der Waals surface area contributed by atoms with Crippen LogP contribution in [0.1, 0.15) is 45.8 Å². The summed E-state index contributed by atoms with van der Waals surface area (Å²) in [5.41, 5.74) is 3.17. The van der Waals surface area contributed by atoms with Crippen LogP contribution in [0, 0.1) is 6.92 Å². The molecule has 6 heteroatoms. The number of amides is 1. The van der Waals surface area contributed by atoms with Crippen LogP contribution in [-0.4, -0.2) is 22.5 Å². The molecular weight excluding hydrogens is 418 g/mol. The van der Waals surface area contributed by atoms with Gasteiger partial charge in [0.25, 0.3) is 5.91 Å². The Bertz CT molecular complexity index is 1420. The smallest absolute Gasteiger partial charge is 0.291 e. The molecule has 1 aromatic heterocycles. The molecule has 1 atom stereocenters. The molecule has 4 aromatic rings. The van der Waals surface area contributed by atoms with E-state index in [2.05, 4.69) is 0 Å². The highest BCUT2D eigenvalue weighted by Crippen LogP contribution is 2.41. The average Bonchev–Trinajstić information content (AvgIpc) is 3.09. The number of ether oxygens (including phenoxy) is 1. The number of carbonyl (C=O) groups excluding carboxylic acids is 1. The first-order valence-electron chi connectivity index (χ1n) is 10.9. The summed E-state index contributed by atoms with van der Waals surface area (Å²) in [5, 5.41) is 10.6. The molecule has 0 saturated heterocycles. The molecule has 1 aliphatic heterocycles. The predicted molar refractivity (Wildman–Crippen MR) is 125 cm³/mol. The number of para-hydroxylation sites is 1. The molecule has 0 aliphatic carbocycles. The highest BCUT2D eigenvalue weighted by atomic mass is 16.5. The van der Waals surface area contributed by atoms with Gasteiger partial charge in [-0.3, -0.25) is 9.59 Å². The lowest BCUT2D eigenvalue weighted by molar-refractivity contribution is 0.0714. The third-order valence-electron chi connectivity index (χ3n) is 5.95. The van der Waals surface area contributed by atoms with Crippen LogP contribution in [0.3, 0.4) is 0 Å². The summed E-state index contributed by atoms with van der Waals surface area (Å²) in [6.07, 6.45) is 0. The number of fused-ring (bicyclic) bond motifs is 2. The molecule has 6 nitrogen and oxygen atoms in total. The highest BCUT2D eigenvalue weighted by Gasteiger charge is 2.43. The van der Waals surface area contributed by atoms with E-state index in [0.717, 1.165) is 11.1 Å². The second-order valence-corrected chi connectivity index (χ2v) is 8.15. The van der Waals surface area contributed by atoms with Crippen LogP contribution in [0.15, 0.2) is 75.9 Å². The number of aryl methyl sites for hydroxylation is 1. The fraction of sp³-hybridized carbons (Fsp3) is 0.185. The molecule has 1 aliphatic rings. The van der Waals surface area contributed by atoms with Gasteiger partial charge in [-0.15, -0.1) is 0 Å². The van der Waals surface area contributed by atoms with E-state index in [4.69, 9.17) is 9.15 Å². The highest BCUT2D eigenvalue weighted by molar-refractivity contribution is 5.99. The van der Waals surface area contributed by atoms with Crippen molar-refractivity contribution >= 4 is 16.9 Å². The van der Waals surface area contributed by atoms with Crippen molar-refractivity contribution in [3.05, 3.63) is 105 Å². The third-order valence-corrected chi connectivity index (χ3v) is 5.95. The number of phenolic OH excluding ortho intramolecular Hbond substituents is 1. The van der Waals surface area contributed by atoms with Gasteiger partial charge in [0.15, 0.2) is 16.9 Å². The van der Waals surface area contributed by atoms with Crippen molar-refractivity contribution in [3.8, 4) is 11.5 Å². The van der Waals surface area contributed by atoms with Crippen molar-refractivity contribution < 1.29 is 19.1 Å². The summed E-state index contributed by atoms with van der Waals surface area (Å²) in [6.45, 7) is 4.50. The van der Waals surface area contributed by atoms with Crippen LogP contribution in [-0.2, 0) is 6.54 Å². The van der Waals surface area contributed by atoms with E-state index in [1.807, 2.05) is 38.1 Å². The minimum absolute atomic E-state index is 0.000720. The fourth-order valence-electron chi connectivity index (χ4n) is 4.34. The van der Waals surface area contributed by atoms with Gasteiger partial charge in [0.05, 0.1) is 23.6 Å². The summed E-state index contributed by atoms with van der Waals surface area (Å²) >= 11 is 0. The summed E-state index contributed by atoms with van der Waals surface area (Å²) < 4.78 is 11.5. The minimum Gasteiger partial charge on any atom is -0.504 e. The molecular formula is C27H23NO5. The van der Waals surface area contributed by atoms with Gasteiger partial charge >= 0.3 is 0 Å². The standard InChI is InChI=1S/C27H23NO5/c1-3-32-22-14-18(12-13-20(22)29)24-23-25(30)19-6-4-5-7-21(19)33-26(23)27(31)28(24)15-17-10-8-16(2)9-11-17/h4-14,24,29H,3,15H2,1-2H3/t24-/m1/s1. The molecule has 0 saturated carbocycles. The molecule has 0 bridgehead atoms. The number of carbonyl (C=O) groups is 1. The van der Waals surface area contributed by atoms with Crippen molar-refractivity contribution in [1.29, 1.82) is 0 Å². The quantitative estimate of drug-likeness (QED) is 0.474. The largest absolute Gasteiger partial charge is 0.504 e. The molecule has 33 heavy (non-hydrogen) atoms. The van der Waals surface area contributed by atoms with Gasteiger partial charge in [-0.25, -0.2) is 0 Å². The number of hydrogen-bond donors (Lipinski definition) is 1. The van der Waals surface area contributed by atoms with E-state index in [1.165, 1.54) is 6.07 Å². The topological polar surface area (TPSA) is 80.0 Å². The molecule has 1 N–H and O–H groups in total. The maximum Gasteiger partial charge on any atom is 0.291 e. The van der Waals surface area contributed by atoms with Crippen LogP contribution in [0.2, 0.25) is 0 Å². The molecule has 0 unspecified atom stereocenters. The predicted octanol–water partition coefficient (Wildman–Crippen LogP) is 4.95. The lowest BCUT2D eigenvalue weighted by Gasteiger charge is -2.26. The Labute approximate surface area is 190 Å². The van der Waals surface area contributed by atoms with Gasteiger partial charge in [-0.05, 0) is 49.2 Å². The van der Waals surface area contributed by atoms with Crippen LogP contribution in [0.5, 0.6) is 11.5 Å². The van der Waals surface area contributed by atoms with Crippen LogP contribution < -0.4 is 10.2 Å².